The van der Waals surface area contributed by atoms with E-state index >= 15 is 0 Å². The van der Waals surface area contributed by atoms with Crippen LogP contribution in [0, 0.1) is 0 Å². The van der Waals surface area contributed by atoms with Crippen LogP contribution in [0.15, 0.2) is 30.1 Å². The molecule has 1 heteroatoms. The van der Waals surface area contributed by atoms with E-state index in [-0.39, 0.29) is 0 Å². The smallest absolute Gasteiger partial charge is 0.00342 e. The zero-order valence-electron chi connectivity index (χ0n) is 13.5. The van der Waals surface area contributed by atoms with Crippen LogP contribution < -0.4 is 0 Å². The minimum atomic E-state index is 0.450. The minimum Gasteiger partial charge on any atom is -0.135 e. The molecule has 21 heavy (non-hydrogen) atoms. The van der Waals surface area contributed by atoms with Crippen LogP contribution in [0.1, 0.15) is 76.4 Å². The van der Waals surface area contributed by atoms with Crippen LogP contribution in [0.5, 0.6) is 0 Å². The Morgan fingerprint density at radius 1 is 0.810 bits per heavy atom. The molecule has 3 rings (SSSR count). The molecule has 0 radical (unpaired) electrons. The van der Waals surface area contributed by atoms with E-state index < -0.39 is 0 Å². The molecular weight excluding hydrogens is 271 g/mol. The predicted octanol–water partition coefficient (Wildman–Crippen LogP) is 7.04. The minimum absolute atomic E-state index is 0.450. The second-order valence-electron chi connectivity index (χ2n) is 7.14. The number of fused-ring (bicyclic) bond motifs is 1. The van der Waals surface area contributed by atoms with E-state index in [9.17, 15) is 0 Å². The molecule has 0 amide bonds. The fourth-order valence-corrected chi connectivity index (χ4v) is 5.58. The molecule has 1 aliphatic carbocycles. The largest absolute Gasteiger partial charge is 0.135 e. The number of rotatable bonds is 1. The molecule has 0 aliphatic heterocycles. The maximum absolute atomic E-state index is 2.56. The Balaban J connectivity index is 1.87. The summed E-state index contributed by atoms with van der Waals surface area (Å²) < 4.78 is 0. The lowest BCUT2D eigenvalue weighted by Gasteiger charge is -2.30. The Bertz CT molecular complexity index is 554. The van der Waals surface area contributed by atoms with E-state index in [2.05, 4.69) is 37.0 Å². The van der Waals surface area contributed by atoms with Crippen LogP contribution in [-0.4, -0.2) is 0 Å². The molecular formula is C20H29P. The zero-order chi connectivity index (χ0) is 14.5. The van der Waals surface area contributed by atoms with Crippen molar-refractivity contribution >= 4 is 19.0 Å². The standard InChI is InChI=1S/C20H29P/c1-20(14-10-6-4-2-3-5-7-11-15-20)19-18-13-9-8-12-17(18)16-21-19/h8-9,12-13,16,21H,2-7,10-11,14-15H2,1H3. The van der Waals surface area contributed by atoms with E-state index in [1.165, 1.54) is 69.6 Å². The maximum Gasteiger partial charge on any atom is -0.00342 e. The van der Waals surface area contributed by atoms with E-state index in [0.29, 0.717) is 5.41 Å². The molecule has 0 saturated heterocycles. The van der Waals surface area contributed by atoms with Gasteiger partial charge in [0.05, 0.1) is 0 Å². The lowest BCUT2D eigenvalue weighted by atomic mass is 9.77. The molecule has 1 fully saturated rings. The summed E-state index contributed by atoms with van der Waals surface area (Å²) in [6, 6.07) is 9.06. The van der Waals surface area contributed by atoms with Crippen molar-refractivity contribution in [3.05, 3.63) is 35.4 Å². The highest BCUT2D eigenvalue weighted by Gasteiger charge is 2.28. The molecule has 0 N–H and O–H groups in total. The molecule has 114 valence electrons. The highest BCUT2D eigenvalue weighted by molar-refractivity contribution is 7.31. The van der Waals surface area contributed by atoms with Crippen molar-refractivity contribution < 1.29 is 0 Å². The highest BCUT2D eigenvalue weighted by Crippen LogP contribution is 2.45. The van der Waals surface area contributed by atoms with Crippen LogP contribution in [0.3, 0.4) is 0 Å². The van der Waals surface area contributed by atoms with E-state index in [4.69, 9.17) is 0 Å². The number of benzene rings is 1. The first-order valence-corrected chi connectivity index (χ1v) is 9.94. The van der Waals surface area contributed by atoms with Crippen LogP contribution in [-0.2, 0) is 5.41 Å². The van der Waals surface area contributed by atoms with Crippen LogP contribution in [0.25, 0.3) is 10.8 Å². The van der Waals surface area contributed by atoms with Crippen molar-refractivity contribution in [2.75, 3.05) is 0 Å². The summed E-state index contributed by atoms with van der Waals surface area (Å²) in [7, 11) is 0.920. The van der Waals surface area contributed by atoms with Crippen LogP contribution in [0.4, 0.5) is 0 Å². The number of hydrogen-bond acceptors (Lipinski definition) is 0. The summed E-state index contributed by atoms with van der Waals surface area (Å²) in [6.07, 6.45) is 14.4. The fraction of sp³-hybridized carbons (Fsp3) is 0.600. The van der Waals surface area contributed by atoms with Gasteiger partial charge in [-0.2, -0.15) is 0 Å². The SMILES string of the molecule is CC1(c2[pH]cc3ccccc23)CCCCCCCCCC1. The summed E-state index contributed by atoms with van der Waals surface area (Å²) in [5.41, 5.74) is 0.450. The monoisotopic (exact) mass is 300 g/mol. The molecule has 1 unspecified atom stereocenters. The van der Waals surface area contributed by atoms with Gasteiger partial charge in [-0.25, -0.2) is 0 Å². The first kappa shape index (κ1) is 15.2. The lowest BCUT2D eigenvalue weighted by molar-refractivity contribution is 0.379. The summed E-state index contributed by atoms with van der Waals surface area (Å²) in [6.45, 7) is 2.56. The normalized spacial score (nSPS) is 21.4. The van der Waals surface area contributed by atoms with E-state index in [1.54, 1.807) is 10.7 Å². The lowest BCUT2D eigenvalue weighted by Crippen LogP contribution is -2.20. The summed E-state index contributed by atoms with van der Waals surface area (Å²) >= 11 is 0. The van der Waals surface area contributed by atoms with Crippen molar-refractivity contribution in [3.63, 3.8) is 0 Å². The van der Waals surface area contributed by atoms with Gasteiger partial charge in [-0.05, 0) is 40.1 Å². The van der Waals surface area contributed by atoms with Gasteiger partial charge in [0.1, 0.15) is 0 Å². The van der Waals surface area contributed by atoms with Crippen molar-refractivity contribution in [2.45, 2.75) is 76.5 Å². The molecule has 1 aliphatic rings. The second kappa shape index (κ2) is 7.01. The third-order valence-electron chi connectivity index (χ3n) is 5.41. The Kier molecular flexibility index (Phi) is 5.07. The zero-order valence-corrected chi connectivity index (χ0v) is 14.5. The molecule has 1 saturated carbocycles. The first-order valence-electron chi connectivity index (χ1n) is 8.86. The van der Waals surface area contributed by atoms with Gasteiger partial charge in [0.15, 0.2) is 0 Å². The van der Waals surface area contributed by atoms with Gasteiger partial charge >= 0.3 is 0 Å². The molecule has 1 aromatic heterocycles. The van der Waals surface area contributed by atoms with Crippen LogP contribution >= 0.6 is 8.19 Å². The molecule has 0 bridgehead atoms. The van der Waals surface area contributed by atoms with Gasteiger partial charge in [0.25, 0.3) is 0 Å². The third kappa shape index (κ3) is 3.54. The van der Waals surface area contributed by atoms with Gasteiger partial charge in [-0.15, -0.1) is 8.19 Å². The second-order valence-corrected chi connectivity index (χ2v) is 8.22. The van der Waals surface area contributed by atoms with Crippen molar-refractivity contribution in [1.82, 2.24) is 0 Å². The third-order valence-corrected chi connectivity index (χ3v) is 7.03. The average molecular weight is 300 g/mol. The Morgan fingerprint density at radius 3 is 2.05 bits per heavy atom. The molecule has 1 aromatic carbocycles. The fourth-order valence-electron chi connectivity index (χ4n) is 4.04. The van der Waals surface area contributed by atoms with Crippen molar-refractivity contribution in [2.24, 2.45) is 0 Å². The Labute approximate surface area is 131 Å². The summed E-state index contributed by atoms with van der Waals surface area (Å²) in [5.74, 6) is 2.47. The van der Waals surface area contributed by atoms with Crippen molar-refractivity contribution in [1.29, 1.82) is 0 Å². The van der Waals surface area contributed by atoms with Crippen LogP contribution in [0.2, 0.25) is 0 Å². The van der Waals surface area contributed by atoms with E-state index in [1.807, 2.05) is 0 Å². The van der Waals surface area contributed by atoms with Gasteiger partial charge in [0.2, 0.25) is 0 Å². The topological polar surface area (TPSA) is 0 Å². The van der Waals surface area contributed by atoms with Gasteiger partial charge < -0.3 is 0 Å². The Hall–Kier alpha value is -0.740. The molecule has 1 atom stereocenters. The average Bonchev–Trinajstić information content (AvgIpc) is 2.91. The first-order chi connectivity index (χ1) is 10.3. The maximum atomic E-state index is 2.56. The molecule has 1 heterocycles. The van der Waals surface area contributed by atoms with Gasteiger partial charge in [-0.3, -0.25) is 0 Å². The summed E-state index contributed by atoms with van der Waals surface area (Å²) in [4.78, 5) is 0. The Morgan fingerprint density at radius 2 is 1.38 bits per heavy atom. The predicted molar refractivity (Wildman–Crippen MR) is 97.0 cm³/mol. The summed E-state index contributed by atoms with van der Waals surface area (Å²) in [5, 5.41) is 4.81. The molecule has 0 spiro atoms. The van der Waals surface area contributed by atoms with Crippen molar-refractivity contribution in [3.8, 4) is 0 Å². The molecule has 0 nitrogen and oxygen atoms in total. The van der Waals surface area contributed by atoms with Gasteiger partial charge in [0, 0.05) is 0 Å². The van der Waals surface area contributed by atoms with E-state index in [0.717, 1.165) is 8.19 Å². The molecule has 2 aromatic rings. The van der Waals surface area contributed by atoms with Gasteiger partial charge in [-0.1, -0.05) is 82.6 Å². The number of hydrogen-bond donors (Lipinski definition) is 0. The highest BCUT2D eigenvalue weighted by atomic mass is 31.0. The quantitative estimate of drug-likeness (QED) is 0.529.